The lowest BCUT2D eigenvalue weighted by Gasteiger charge is -2.05. The second-order valence-electron chi connectivity index (χ2n) is 5.03. The molecule has 124 valence electrons. The molecule has 8 heteroatoms. The third-order valence-corrected chi connectivity index (χ3v) is 4.61. The van der Waals surface area contributed by atoms with Gasteiger partial charge in [0.15, 0.2) is 16.4 Å². The zero-order chi connectivity index (χ0) is 17.2. The molecule has 0 N–H and O–H groups in total. The highest BCUT2D eigenvalue weighted by Crippen LogP contribution is 2.26. The predicted octanol–water partition coefficient (Wildman–Crippen LogP) is 3.37. The van der Waals surface area contributed by atoms with Crippen molar-refractivity contribution in [3.05, 3.63) is 59.4 Å². The molecule has 0 radical (unpaired) electrons. The van der Waals surface area contributed by atoms with Crippen LogP contribution >= 0.6 is 11.6 Å². The first-order valence-electron chi connectivity index (χ1n) is 6.94. The number of halogens is 1. The third-order valence-electron chi connectivity index (χ3n) is 3.17. The maximum Gasteiger partial charge on any atom is 0.259 e. The van der Waals surface area contributed by atoms with E-state index in [1.54, 1.807) is 30.3 Å². The van der Waals surface area contributed by atoms with Gasteiger partial charge < -0.3 is 9.26 Å². The largest absolute Gasteiger partial charge is 0.485 e. The highest BCUT2D eigenvalue weighted by molar-refractivity contribution is 7.90. The number of rotatable bonds is 5. The Labute approximate surface area is 144 Å². The van der Waals surface area contributed by atoms with Gasteiger partial charge in [-0.05, 0) is 30.3 Å². The molecule has 2 aromatic carbocycles. The topological polar surface area (TPSA) is 82.3 Å². The van der Waals surface area contributed by atoms with Crippen LogP contribution in [0.2, 0.25) is 5.02 Å². The fraction of sp³-hybridized carbons (Fsp3) is 0.125. The van der Waals surface area contributed by atoms with Crippen LogP contribution in [0.1, 0.15) is 5.82 Å². The van der Waals surface area contributed by atoms with Crippen LogP contribution in [0.25, 0.3) is 11.5 Å². The first kappa shape index (κ1) is 16.5. The summed E-state index contributed by atoms with van der Waals surface area (Å²) >= 11 is 6.09. The van der Waals surface area contributed by atoms with Gasteiger partial charge in [0.05, 0.1) is 15.5 Å². The van der Waals surface area contributed by atoms with E-state index in [-0.39, 0.29) is 11.5 Å². The van der Waals surface area contributed by atoms with Crippen LogP contribution in [-0.2, 0) is 16.4 Å². The molecule has 0 saturated heterocycles. The van der Waals surface area contributed by atoms with Crippen LogP contribution in [0.15, 0.2) is 57.9 Å². The molecule has 6 nitrogen and oxygen atoms in total. The van der Waals surface area contributed by atoms with Crippen molar-refractivity contribution in [1.82, 2.24) is 10.1 Å². The van der Waals surface area contributed by atoms with E-state index in [1.165, 1.54) is 12.1 Å². The number of ether oxygens (including phenoxy) is 1. The molecule has 0 bridgehead atoms. The van der Waals surface area contributed by atoms with E-state index in [0.29, 0.717) is 28.1 Å². The summed E-state index contributed by atoms with van der Waals surface area (Å²) in [7, 11) is -3.29. The molecular weight excluding hydrogens is 352 g/mol. The molecular formula is C16H13ClN2O4S. The van der Waals surface area contributed by atoms with Crippen LogP contribution in [0.4, 0.5) is 0 Å². The Morgan fingerprint density at radius 3 is 2.71 bits per heavy atom. The summed E-state index contributed by atoms with van der Waals surface area (Å²) in [5, 5.41) is 4.34. The zero-order valence-electron chi connectivity index (χ0n) is 12.6. The minimum Gasteiger partial charge on any atom is -0.485 e. The summed E-state index contributed by atoms with van der Waals surface area (Å²) in [6, 6.07) is 13.3. The van der Waals surface area contributed by atoms with E-state index in [2.05, 4.69) is 10.1 Å². The van der Waals surface area contributed by atoms with E-state index in [9.17, 15) is 8.42 Å². The van der Waals surface area contributed by atoms with Crippen LogP contribution in [0.5, 0.6) is 5.75 Å². The van der Waals surface area contributed by atoms with E-state index in [1.807, 2.05) is 6.07 Å². The summed E-state index contributed by atoms with van der Waals surface area (Å²) in [6.45, 7) is 0.0428. The van der Waals surface area contributed by atoms with Gasteiger partial charge in [0.25, 0.3) is 5.89 Å². The summed E-state index contributed by atoms with van der Waals surface area (Å²) in [6.07, 6.45) is 1.14. The van der Waals surface area contributed by atoms with E-state index in [0.717, 1.165) is 6.26 Å². The molecule has 0 unspecified atom stereocenters. The Morgan fingerprint density at radius 2 is 1.96 bits per heavy atom. The van der Waals surface area contributed by atoms with Crippen molar-refractivity contribution in [2.45, 2.75) is 11.5 Å². The number of nitrogens with zero attached hydrogens (tertiary/aromatic N) is 2. The van der Waals surface area contributed by atoms with Gasteiger partial charge in [-0.2, -0.15) is 4.98 Å². The van der Waals surface area contributed by atoms with E-state index in [4.69, 9.17) is 20.9 Å². The molecule has 3 aromatic rings. The molecule has 0 aliphatic carbocycles. The molecule has 1 aromatic heterocycles. The first-order valence-corrected chi connectivity index (χ1v) is 9.21. The maximum absolute atomic E-state index is 11.5. The molecule has 0 aliphatic rings. The Hall–Kier alpha value is -2.38. The predicted molar refractivity (Wildman–Crippen MR) is 88.6 cm³/mol. The second-order valence-corrected chi connectivity index (χ2v) is 7.45. The maximum atomic E-state index is 11.5. The van der Waals surface area contributed by atoms with E-state index >= 15 is 0 Å². The molecule has 0 fully saturated rings. The Morgan fingerprint density at radius 1 is 1.17 bits per heavy atom. The summed E-state index contributed by atoms with van der Waals surface area (Å²) in [5.41, 5.74) is 0.636. The molecule has 3 rings (SSSR count). The van der Waals surface area contributed by atoms with Gasteiger partial charge in [-0.1, -0.05) is 35.0 Å². The van der Waals surface area contributed by atoms with Crippen LogP contribution in [-0.4, -0.2) is 24.8 Å². The lowest BCUT2D eigenvalue weighted by molar-refractivity contribution is 0.286. The summed E-state index contributed by atoms with van der Waals surface area (Å²) in [4.78, 5) is 4.41. The smallest absolute Gasteiger partial charge is 0.259 e. The minimum absolute atomic E-state index is 0.0428. The standard InChI is InChI=1S/C16H13ClN2O4S/c1-24(20,21)12-6-4-5-11(9-12)22-10-15-18-16(23-19-15)13-7-2-3-8-14(13)17/h2-9H,10H2,1H3. The number of hydrogen-bond acceptors (Lipinski definition) is 6. The molecule has 24 heavy (non-hydrogen) atoms. The number of aromatic nitrogens is 2. The Bertz CT molecular complexity index is 969. The van der Waals surface area contributed by atoms with Crippen molar-refractivity contribution < 1.29 is 17.7 Å². The van der Waals surface area contributed by atoms with Crippen molar-refractivity contribution in [1.29, 1.82) is 0 Å². The molecule has 0 atom stereocenters. The average molecular weight is 365 g/mol. The van der Waals surface area contributed by atoms with Crippen molar-refractivity contribution in [2.75, 3.05) is 6.26 Å². The quantitative estimate of drug-likeness (QED) is 0.690. The summed E-state index contributed by atoms with van der Waals surface area (Å²) in [5.74, 6) is 1.03. The van der Waals surface area contributed by atoms with Gasteiger partial charge in [-0.3, -0.25) is 0 Å². The molecule has 0 spiro atoms. The minimum atomic E-state index is -3.29. The van der Waals surface area contributed by atoms with Gasteiger partial charge in [0.2, 0.25) is 5.82 Å². The van der Waals surface area contributed by atoms with Gasteiger partial charge in [0, 0.05) is 6.26 Å². The van der Waals surface area contributed by atoms with E-state index < -0.39 is 9.84 Å². The van der Waals surface area contributed by atoms with Gasteiger partial charge in [-0.25, -0.2) is 8.42 Å². The third kappa shape index (κ3) is 3.74. The molecule has 0 saturated carbocycles. The molecule has 1 heterocycles. The number of hydrogen-bond donors (Lipinski definition) is 0. The highest BCUT2D eigenvalue weighted by atomic mass is 35.5. The normalized spacial score (nSPS) is 11.4. The average Bonchev–Trinajstić information content (AvgIpc) is 3.02. The van der Waals surface area contributed by atoms with Crippen molar-refractivity contribution in [3.8, 4) is 17.2 Å². The first-order chi connectivity index (χ1) is 11.4. The van der Waals surface area contributed by atoms with Crippen LogP contribution in [0.3, 0.4) is 0 Å². The van der Waals surface area contributed by atoms with Crippen LogP contribution < -0.4 is 4.74 Å². The van der Waals surface area contributed by atoms with Gasteiger partial charge >= 0.3 is 0 Å². The fourth-order valence-electron chi connectivity index (χ4n) is 2.00. The molecule has 0 aliphatic heterocycles. The second kappa shape index (κ2) is 6.62. The number of sulfone groups is 1. The molecule has 0 amide bonds. The van der Waals surface area contributed by atoms with Crippen molar-refractivity contribution >= 4 is 21.4 Å². The zero-order valence-corrected chi connectivity index (χ0v) is 14.2. The Kier molecular flexibility index (Phi) is 4.55. The number of benzene rings is 2. The van der Waals surface area contributed by atoms with Crippen LogP contribution in [0, 0.1) is 0 Å². The lowest BCUT2D eigenvalue weighted by Crippen LogP contribution is -2.00. The highest BCUT2D eigenvalue weighted by Gasteiger charge is 2.13. The van der Waals surface area contributed by atoms with Crippen molar-refractivity contribution in [2.24, 2.45) is 0 Å². The van der Waals surface area contributed by atoms with Gasteiger partial charge in [0.1, 0.15) is 5.75 Å². The fourth-order valence-corrected chi connectivity index (χ4v) is 2.87. The monoisotopic (exact) mass is 364 g/mol. The summed E-state index contributed by atoms with van der Waals surface area (Å²) < 4.78 is 33.8. The van der Waals surface area contributed by atoms with Gasteiger partial charge in [-0.15, -0.1) is 0 Å². The Balaban J connectivity index is 1.74. The van der Waals surface area contributed by atoms with Crippen molar-refractivity contribution in [3.63, 3.8) is 0 Å². The SMILES string of the molecule is CS(=O)(=O)c1cccc(OCc2noc(-c3ccccc3Cl)n2)c1. The lowest BCUT2D eigenvalue weighted by atomic mass is 10.2.